The zero-order chi connectivity index (χ0) is 22.3. The fourth-order valence-electron chi connectivity index (χ4n) is 4.24. The first kappa shape index (κ1) is 22.9. The number of Topliss-reactive ketones (excluding diaryl/α,β-unsaturated/α-hetero) is 1. The predicted octanol–water partition coefficient (Wildman–Crippen LogP) is 4.08. The van der Waals surface area contributed by atoms with Gasteiger partial charge in [0.25, 0.3) is 0 Å². The molecule has 0 radical (unpaired) electrons. The van der Waals surface area contributed by atoms with Crippen molar-refractivity contribution in [3.63, 3.8) is 0 Å². The second kappa shape index (κ2) is 10.5. The number of carbonyl (C=O) groups excluding carboxylic acids is 2. The van der Waals surface area contributed by atoms with Crippen molar-refractivity contribution in [2.45, 2.75) is 51.6 Å². The highest BCUT2D eigenvalue weighted by atomic mass is 19.1. The zero-order valence-electron chi connectivity index (χ0n) is 17.9. The van der Waals surface area contributed by atoms with E-state index in [1.165, 1.54) is 12.1 Å². The Bertz CT molecular complexity index is 881. The van der Waals surface area contributed by atoms with Crippen LogP contribution < -0.4 is 10.1 Å². The van der Waals surface area contributed by atoms with Crippen LogP contribution in [0.1, 0.15) is 54.9 Å². The van der Waals surface area contributed by atoms with Gasteiger partial charge in [0.1, 0.15) is 11.6 Å². The maximum atomic E-state index is 13.2. The van der Waals surface area contributed by atoms with Crippen molar-refractivity contribution >= 4 is 11.7 Å². The number of benzene rings is 2. The first-order valence-electron chi connectivity index (χ1n) is 10.9. The number of hydrogen-bond donors (Lipinski definition) is 2. The van der Waals surface area contributed by atoms with Crippen molar-refractivity contribution in [1.29, 1.82) is 0 Å². The summed E-state index contributed by atoms with van der Waals surface area (Å²) in [6.45, 7) is 2.79. The van der Waals surface area contributed by atoms with Gasteiger partial charge in [-0.25, -0.2) is 4.39 Å². The summed E-state index contributed by atoms with van der Waals surface area (Å²) in [5, 5.41) is 13.5. The first-order chi connectivity index (χ1) is 14.9. The molecule has 0 bridgehead atoms. The highest BCUT2D eigenvalue weighted by molar-refractivity contribution is 5.98. The lowest BCUT2D eigenvalue weighted by Gasteiger charge is -2.33. The van der Waals surface area contributed by atoms with E-state index in [4.69, 9.17) is 4.74 Å². The van der Waals surface area contributed by atoms with Crippen LogP contribution in [0.2, 0.25) is 0 Å². The highest BCUT2D eigenvalue weighted by Crippen LogP contribution is 2.41. The minimum absolute atomic E-state index is 0.0920. The standard InChI is InChI=1S/C25H30FNO4/c1-2-31-21-11-7-19(8-12-21)22(28)13-14-24(30)27-17-25(15-3-4-23(25)29)16-18-5-9-20(26)10-6-18/h5-12,23,29H,2-4,13-17H2,1H3,(H,27,30)/t23-,25-/m0/s1. The number of hydrogen-bond acceptors (Lipinski definition) is 4. The van der Waals surface area contributed by atoms with Crippen LogP contribution in [0.5, 0.6) is 5.75 Å². The lowest BCUT2D eigenvalue weighted by atomic mass is 9.78. The van der Waals surface area contributed by atoms with Crippen LogP contribution in [0.4, 0.5) is 4.39 Å². The molecule has 31 heavy (non-hydrogen) atoms. The van der Waals surface area contributed by atoms with E-state index in [9.17, 15) is 19.1 Å². The molecule has 2 aromatic rings. The number of halogens is 1. The summed E-state index contributed by atoms with van der Waals surface area (Å²) in [5.74, 6) is 0.102. The van der Waals surface area contributed by atoms with Crippen LogP contribution in [0.25, 0.3) is 0 Å². The normalized spacial score (nSPS) is 20.4. The Morgan fingerprint density at radius 2 is 1.84 bits per heavy atom. The van der Waals surface area contributed by atoms with Gasteiger partial charge in [-0.05, 0) is 68.1 Å². The molecule has 6 heteroatoms. The van der Waals surface area contributed by atoms with Crippen molar-refractivity contribution in [3.05, 3.63) is 65.5 Å². The Hall–Kier alpha value is -2.73. The van der Waals surface area contributed by atoms with Crippen molar-refractivity contribution in [2.75, 3.05) is 13.2 Å². The number of carbonyl (C=O) groups is 2. The topological polar surface area (TPSA) is 75.6 Å². The van der Waals surface area contributed by atoms with E-state index in [1.54, 1.807) is 36.4 Å². The van der Waals surface area contributed by atoms with E-state index in [0.29, 0.717) is 37.3 Å². The van der Waals surface area contributed by atoms with Gasteiger partial charge in [-0.3, -0.25) is 9.59 Å². The Morgan fingerprint density at radius 3 is 2.45 bits per heavy atom. The number of amides is 1. The minimum Gasteiger partial charge on any atom is -0.494 e. The average molecular weight is 428 g/mol. The highest BCUT2D eigenvalue weighted by Gasteiger charge is 2.42. The van der Waals surface area contributed by atoms with Gasteiger partial charge in [0.2, 0.25) is 5.91 Å². The van der Waals surface area contributed by atoms with Crippen LogP contribution in [-0.2, 0) is 11.2 Å². The summed E-state index contributed by atoms with van der Waals surface area (Å²) < 4.78 is 18.6. The van der Waals surface area contributed by atoms with Gasteiger partial charge in [-0.15, -0.1) is 0 Å². The molecule has 0 aliphatic heterocycles. The van der Waals surface area contributed by atoms with Gasteiger partial charge < -0.3 is 15.2 Å². The average Bonchev–Trinajstić information content (AvgIpc) is 3.13. The van der Waals surface area contributed by atoms with Crippen LogP contribution in [0.15, 0.2) is 48.5 Å². The number of aliphatic hydroxyl groups excluding tert-OH is 1. The number of ketones is 1. The third-order valence-corrected chi connectivity index (χ3v) is 6.03. The number of ether oxygens (including phenoxy) is 1. The Balaban J connectivity index is 1.52. The van der Waals surface area contributed by atoms with E-state index >= 15 is 0 Å². The SMILES string of the molecule is CCOc1ccc(C(=O)CCC(=O)NC[C@@]2(Cc3ccc(F)cc3)CCC[C@@H]2O)cc1. The number of rotatable bonds is 10. The maximum absolute atomic E-state index is 13.2. The molecule has 166 valence electrons. The fourth-order valence-corrected chi connectivity index (χ4v) is 4.24. The van der Waals surface area contributed by atoms with E-state index in [0.717, 1.165) is 18.4 Å². The van der Waals surface area contributed by atoms with Crippen LogP contribution in [0, 0.1) is 11.2 Å². The molecule has 2 atom stereocenters. The summed E-state index contributed by atoms with van der Waals surface area (Å²) in [7, 11) is 0. The molecule has 2 aromatic carbocycles. The van der Waals surface area contributed by atoms with Crippen molar-refractivity contribution < 1.29 is 23.8 Å². The van der Waals surface area contributed by atoms with Gasteiger partial charge in [0.15, 0.2) is 5.78 Å². The molecule has 1 saturated carbocycles. The van der Waals surface area contributed by atoms with Gasteiger partial charge in [-0.2, -0.15) is 0 Å². The van der Waals surface area contributed by atoms with Crippen LogP contribution in [0.3, 0.4) is 0 Å². The molecule has 5 nitrogen and oxygen atoms in total. The predicted molar refractivity (Wildman–Crippen MR) is 117 cm³/mol. The minimum atomic E-state index is -0.525. The summed E-state index contributed by atoms with van der Waals surface area (Å²) in [5.41, 5.74) is 1.02. The van der Waals surface area contributed by atoms with Crippen molar-refractivity contribution in [1.82, 2.24) is 5.32 Å². The molecule has 0 spiro atoms. The number of aliphatic hydroxyl groups is 1. The van der Waals surface area contributed by atoms with Crippen LogP contribution in [-0.4, -0.2) is 36.1 Å². The Kier molecular flexibility index (Phi) is 7.80. The lowest BCUT2D eigenvalue weighted by Crippen LogP contribution is -2.44. The molecule has 1 aliphatic carbocycles. The lowest BCUT2D eigenvalue weighted by molar-refractivity contribution is -0.121. The van der Waals surface area contributed by atoms with Gasteiger partial charge in [-0.1, -0.05) is 18.6 Å². The molecule has 1 aliphatic rings. The third-order valence-electron chi connectivity index (χ3n) is 6.03. The fraction of sp³-hybridized carbons (Fsp3) is 0.440. The molecular formula is C25H30FNO4. The van der Waals surface area contributed by atoms with Crippen LogP contribution >= 0.6 is 0 Å². The Morgan fingerprint density at radius 1 is 1.13 bits per heavy atom. The van der Waals surface area contributed by atoms with Gasteiger partial charge >= 0.3 is 0 Å². The summed E-state index contributed by atoms with van der Waals surface area (Å²) in [6.07, 6.45) is 2.61. The van der Waals surface area contributed by atoms with Gasteiger partial charge in [0.05, 0.1) is 12.7 Å². The maximum Gasteiger partial charge on any atom is 0.220 e. The van der Waals surface area contributed by atoms with E-state index < -0.39 is 11.5 Å². The van der Waals surface area contributed by atoms with E-state index in [-0.39, 0.29) is 30.3 Å². The monoisotopic (exact) mass is 427 g/mol. The summed E-state index contributed by atoms with van der Waals surface area (Å²) >= 11 is 0. The molecule has 2 N–H and O–H groups in total. The first-order valence-corrected chi connectivity index (χ1v) is 10.9. The van der Waals surface area contributed by atoms with E-state index in [2.05, 4.69) is 5.32 Å². The molecule has 0 saturated heterocycles. The summed E-state index contributed by atoms with van der Waals surface area (Å²) in [4.78, 5) is 24.8. The van der Waals surface area contributed by atoms with Gasteiger partial charge in [0, 0.05) is 30.4 Å². The third kappa shape index (κ3) is 6.14. The van der Waals surface area contributed by atoms with E-state index in [1.807, 2.05) is 6.92 Å². The second-order valence-electron chi connectivity index (χ2n) is 8.23. The molecular weight excluding hydrogens is 397 g/mol. The van der Waals surface area contributed by atoms with Crippen molar-refractivity contribution in [3.8, 4) is 5.75 Å². The number of nitrogens with one attached hydrogen (secondary N) is 1. The zero-order valence-corrected chi connectivity index (χ0v) is 17.9. The molecule has 0 heterocycles. The smallest absolute Gasteiger partial charge is 0.220 e. The molecule has 1 amide bonds. The molecule has 0 unspecified atom stereocenters. The largest absolute Gasteiger partial charge is 0.494 e. The van der Waals surface area contributed by atoms with Crippen molar-refractivity contribution in [2.24, 2.45) is 5.41 Å². The second-order valence-corrected chi connectivity index (χ2v) is 8.23. The Labute approximate surface area is 182 Å². The quantitative estimate of drug-likeness (QED) is 0.561. The molecule has 1 fully saturated rings. The molecule has 3 rings (SSSR count). The summed E-state index contributed by atoms with van der Waals surface area (Å²) in [6, 6.07) is 13.2. The molecule has 0 aromatic heterocycles.